The Balaban J connectivity index is 0.000000896. The zero-order chi connectivity index (χ0) is 43.6. The van der Waals surface area contributed by atoms with E-state index in [1.807, 2.05) is 51.1 Å². The molecule has 0 bridgehead atoms. The van der Waals surface area contributed by atoms with Crippen molar-refractivity contribution >= 4 is 47.0 Å². The molecule has 0 radical (unpaired) electrons. The number of imide groups is 1. The van der Waals surface area contributed by atoms with Crippen molar-refractivity contribution in [2.24, 2.45) is 17.6 Å². The van der Waals surface area contributed by atoms with Crippen LogP contribution in [0.15, 0.2) is 60.8 Å². The predicted octanol–water partition coefficient (Wildman–Crippen LogP) is 5.81. The van der Waals surface area contributed by atoms with E-state index in [-0.39, 0.29) is 24.2 Å². The number of tetrazole rings is 1. The topological polar surface area (TPSA) is 219 Å². The number of nitrogens with one attached hydrogen (secondary N) is 2. The first-order valence-corrected chi connectivity index (χ1v) is 19.6. The Hall–Kier alpha value is -5.66. The molecule has 3 heterocycles. The largest absolute Gasteiger partial charge is 0.490 e. The van der Waals surface area contributed by atoms with Crippen molar-refractivity contribution in [2.75, 3.05) is 42.6 Å². The third-order valence-electron chi connectivity index (χ3n) is 9.76. The molecule has 3 amide bonds. The summed E-state index contributed by atoms with van der Waals surface area (Å²) in [7, 11) is 0. The van der Waals surface area contributed by atoms with Gasteiger partial charge in [-0.3, -0.25) is 9.59 Å². The molecule has 1 aliphatic carbocycles. The number of hydrogen-bond acceptors (Lipinski definition) is 12. The Morgan fingerprint density at radius 1 is 1.00 bits per heavy atom. The van der Waals surface area contributed by atoms with E-state index < -0.39 is 35.8 Å². The number of alkyl carbamates (subject to hydrolysis) is 1. The zero-order valence-electron chi connectivity index (χ0n) is 33.2. The summed E-state index contributed by atoms with van der Waals surface area (Å²) in [6, 6.07) is 15.5. The number of morpholine rings is 1. The highest BCUT2D eigenvalue weighted by Gasteiger charge is 2.38. The monoisotopic (exact) mass is 857 g/mol. The van der Waals surface area contributed by atoms with Crippen LogP contribution in [-0.4, -0.2) is 105 Å². The average Bonchev–Trinajstić information content (AvgIpc) is 3.76. The maximum Gasteiger partial charge on any atom is 0.490 e. The number of alkyl halides is 3. The molecule has 2 aliphatic rings. The molecule has 2 aromatic heterocycles. The van der Waals surface area contributed by atoms with Crippen LogP contribution in [0, 0.1) is 11.8 Å². The molecule has 4 aromatic rings. The second-order valence-corrected chi connectivity index (χ2v) is 15.7. The van der Waals surface area contributed by atoms with Gasteiger partial charge >= 0.3 is 18.2 Å². The summed E-state index contributed by atoms with van der Waals surface area (Å²) in [6.45, 7) is 8.61. The van der Waals surface area contributed by atoms with Crippen LogP contribution in [0.4, 0.5) is 29.5 Å². The Labute approximate surface area is 348 Å². The van der Waals surface area contributed by atoms with Crippen molar-refractivity contribution in [3.05, 3.63) is 71.4 Å². The fourth-order valence-corrected chi connectivity index (χ4v) is 7.06. The molecule has 2 fully saturated rings. The second kappa shape index (κ2) is 20.1. The Morgan fingerprint density at radius 2 is 1.62 bits per heavy atom. The van der Waals surface area contributed by atoms with Gasteiger partial charge in [0.25, 0.3) is 5.91 Å². The SMILES string of the molecule is CC(C)(C)OC(=O)NCC1CCC(C(=O)N(C(=O)[C@@H](N)Cc2ccc(-c3ccnc(N4CCOCC4)c3Cl)cc2)c2ccc(-c3nn[nH]n3)cc2)CC1.O=C(O)C(F)(F)F. The fourth-order valence-electron chi connectivity index (χ4n) is 6.72. The number of H-pyrrole nitrogens is 1. The van der Waals surface area contributed by atoms with Crippen molar-refractivity contribution in [2.45, 2.75) is 70.7 Å². The molecule has 6 rings (SSSR count). The number of amides is 3. The number of halogens is 4. The van der Waals surface area contributed by atoms with E-state index in [0.717, 1.165) is 48.4 Å². The molecule has 5 N–H and O–H groups in total. The maximum absolute atomic E-state index is 14.2. The molecule has 60 heavy (non-hydrogen) atoms. The van der Waals surface area contributed by atoms with Gasteiger partial charge in [0.15, 0.2) is 0 Å². The summed E-state index contributed by atoms with van der Waals surface area (Å²) < 4.78 is 42.6. The van der Waals surface area contributed by atoms with E-state index in [1.165, 1.54) is 4.90 Å². The molecule has 1 saturated heterocycles. The molecule has 20 heteroatoms. The molecule has 16 nitrogen and oxygen atoms in total. The molecule has 322 valence electrons. The van der Waals surface area contributed by atoms with Gasteiger partial charge in [-0.15, -0.1) is 10.2 Å². The van der Waals surface area contributed by atoms with E-state index in [9.17, 15) is 27.6 Å². The van der Waals surface area contributed by atoms with E-state index in [2.05, 4.69) is 35.8 Å². The standard InChI is InChI=1S/C38H46ClN9O5.C2HF3O2/c1-38(2,3)53-37(51)42-23-25-6-10-28(11-7-25)35(49)48(29-14-12-27(13-15-29)33-43-45-46-44-33)36(50)31(40)22-24-4-8-26(9-5-24)30-16-17-41-34(32(30)39)47-18-20-52-21-19-47;3-2(4,5)1(6)7/h4-5,8-9,12-17,25,28,31H,6-7,10-11,18-23,40H2,1-3H3,(H,42,51)(H,43,44,45,46);(H,6,7)/t25?,28?,31-;/m0./s1. The number of aliphatic carboxylic acids is 1. The zero-order valence-corrected chi connectivity index (χ0v) is 34.0. The molecule has 1 saturated carbocycles. The Morgan fingerprint density at radius 3 is 2.18 bits per heavy atom. The van der Waals surface area contributed by atoms with Crippen molar-refractivity contribution in [3.63, 3.8) is 0 Å². The number of carboxylic acid groups (broad SMARTS) is 1. The summed E-state index contributed by atoms with van der Waals surface area (Å²) in [5, 5.41) is 24.6. The molecule has 0 unspecified atom stereocenters. The van der Waals surface area contributed by atoms with Crippen molar-refractivity contribution in [1.82, 2.24) is 30.9 Å². The van der Waals surface area contributed by atoms with E-state index in [1.54, 1.807) is 30.5 Å². The van der Waals surface area contributed by atoms with Crippen LogP contribution < -0.4 is 20.9 Å². The molecule has 0 spiro atoms. The summed E-state index contributed by atoms with van der Waals surface area (Å²) in [5.41, 5.74) is 9.70. The number of aromatic amines is 1. The Bertz CT molecular complexity index is 2070. The molecule has 1 atom stereocenters. The maximum atomic E-state index is 14.2. The lowest BCUT2D eigenvalue weighted by atomic mass is 9.81. The van der Waals surface area contributed by atoms with Gasteiger partial charge in [0.2, 0.25) is 11.7 Å². The quantitative estimate of drug-likeness (QED) is 0.148. The van der Waals surface area contributed by atoms with Gasteiger partial charge in [0.05, 0.1) is 30.0 Å². The number of benzene rings is 2. The van der Waals surface area contributed by atoms with Crippen LogP contribution in [0.25, 0.3) is 22.5 Å². The Kier molecular flexibility index (Phi) is 15.2. The number of nitrogens with zero attached hydrogens (tertiary/aromatic N) is 6. The first-order chi connectivity index (χ1) is 28.4. The summed E-state index contributed by atoms with van der Waals surface area (Å²) in [6.07, 6.45) is -0.979. The third-order valence-corrected chi connectivity index (χ3v) is 10.1. The number of carboxylic acids is 1. The van der Waals surface area contributed by atoms with Gasteiger partial charge in [-0.05, 0) is 105 Å². The minimum Gasteiger partial charge on any atom is -0.475 e. The van der Waals surface area contributed by atoms with E-state index >= 15 is 0 Å². The minimum absolute atomic E-state index is 0.197. The molecule has 1 aliphatic heterocycles. The predicted molar refractivity (Wildman–Crippen MR) is 215 cm³/mol. The van der Waals surface area contributed by atoms with Crippen LogP contribution in [0.3, 0.4) is 0 Å². The second-order valence-electron chi connectivity index (χ2n) is 15.3. The fraction of sp³-hybridized carbons (Fsp3) is 0.450. The number of aromatic nitrogens is 5. The van der Waals surface area contributed by atoms with E-state index in [4.69, 9.17) is 36.7 Å². The van der Waals surface area contributed by atoms with Crippen molar-refractivity contribution in [1.29, 1.82) is 0 Å². The molecular weight excluding hydrogens is 811 g/mol. The number of carbonyl (C=O) groups is 4. The van der Waals surface area contributed by atoms with Gasteiger partial charge in [-0.2, -0.15) is 18.4 Å². The number of pyridine rings is 1. The molecule has 2 aromatic carbocycles. The third kappa shape index (κ3) is 12.4. The van der Waals surface area contributed by atoms with Crippen LogP contribution >= 0.6 is 11.6 Å². The van der Waals surface area contributed by atoms with Crippen LogP contribution in [0.5, 0.6) is 0 Å². The van der Waals surface area contributed by atoms with Gasteiger partial charge in [-0.25, -0.2) is 19.5 Å². The molecular formula is C40H47ClF3N9O7. The normalized spacial score (nSPS) is 17.4. The highest BCUT2D eigenvalue weighted by molar-refractivity contribution is 6.35. The highest BCUT2D eigenvalue weighted by Crippen LogP contribution is 2.35. The van der Waals surface area contributed by atoms with Crippen molar-refractivity contribution in [3.8, 4) is 22.5 Å². The van der Waals surface area contributed by atoms with Crippen molar-refractivity contribution < 1.29 is 46.9 Å². The average molecular weight is 858 g/mol. The first-order valence-electron chi connectivity index (χ1n) is 19.2. The number of hydrogen-bond donors (Lipinski definition) is 4. The minimum atomic E-state index is -5.08. The summed E-state index contributed by atoms with van der Waals surface area (Å²) in [4.78, 5) is 57.3. The number of rotatable bonds is 10. The van der Waals surface area contributed by atoms with Gasteiger partial charge < -0.3 is 30.5 Å². The van der Waals surface area contributed by atoms with Crippen LogP contribution in [0.1, 0.15) is 52.0 Å². The lowest BCUT2D eigenvalue weighted by Crippen LogP contribution is -2.50. The number of nitrogens with two attached hydrogens (primary N) is 1. The lowest BCUT2D eigenvalue weighted by molar-refractivity contribution is -0.192. The van der Waals surface area contributed by atoms with Crippen LogP contribution in [0.2, 0.25) is 5.02 Å². The first kappa shape index (κ1) is 45.4. The van der Waals surface area contributed by atoms with Gasteiger partial charge in [-0.1, -0.05) is 35.9 Å². The lowest BCUT2D eigenvalue weighted by Gasteiger charge is -2.32. The van der Waals surface area contributed by atoms with E-state index in [0.29, 0.717) is 54.7 Å². The highest BCUT2D eigenvalue weighted by atomic mass is 35.5. The van der Waals surface area contributed by atoms with Crippen LogP contribution in [-0.2, 0) is 30.3 Å². The summed E-state index contributed by atoms with van der Waals surface area (Å²) >= 11 is 6.84. The number of carbonyl (C=O) groups excluding carboxylic acids is 3. The number of ether oxygens (including phenoxy) is 2. The van der Waals surface area contributed by atoms with Gasteiger partial charge in [0, 0.05) is 42.9 Å². The smallest absolute Gasteiger partial charge is 0.475 e. The summed E-state index contributed by atoms with van der Waals surface area (Å²) in [5.74, 6) is -2.61. The van der Waals surface area contributed by atoms with Gasteiger partial charge in [0.1, 0.15) is 11.4 Å². The number of anilines is 2.